The number of carbonyl (C=O) groups is 2. The number of oxazole rings is 2. The highest BCUT2D eigenvalue weighted by Gasteiger charge is 2.23. The molecule has 124 heavy (non-hydrogen) atoms. The lowest BCUT2D eigenvalue weighted by Crippen LogP contribution is -2.47. The molecule has 2 saturated heterocycles. The van der Waals surface area contributed by atoms with Gasteiger partial charge >= 0.3 is 0 Å². The highest BCUT2D eigenvalue weighted by Crippen LogP contribution is 2.35. The van der Waals surface area contributed by atoms with E-state index < -0.39 is 0 Å². The van der Waals surface area contributed by atoms with Gasteiger partial charge in [0.15, 0.2) is 0 Å². The molecular weight excluding hydrogens is 1700 g/mol. The molecule has 8 aromatic heterocycles. The fourth-order valence-corrected chi connectivity index (χ4v) is 14.2. The number of rotatable bonds is 23. The molecule has 0 saturated carbocycles. The molecule has 0 radical (unpaired) electrons. The number of terminal acetylenes is 2. The molecule has 8 aromatic carbocycles. The third-order valence-corrected chi connectivity index (χ3v) is 20.7. The molecule has 16 aromatic rings. The number of hydrogen-bond donors (Lipinski definition) is 6. The summed E-state index contributed by atoms with van der Waals surface area (Å²) in [6.45, 7) is 11.1. The number of morpholine rings is 1. The molecule has 624 valence electrons. The Morgan fingerprint density at radius 2 is 1.02 bits per heavy atom. The summed E-state index contributed by atoms with van der Waals surface area (Å²) < 4.78 is 31.8. The second-order valence-corrected chi connectivity index (χ2v) is 31.1. The molecule has 2 aliphatic heterocycles. The normalized spacial score (nSPS) is 12.7. The molecule has 0 unspecified atom stereocenters. The van der Waals surface area contributed by atoms with E-state index in [2.05, 4.69) is 175 Å². The first-order chi connectivity index (χ1) is 60.4. The van der Waals surface area contributed by atoms with Crippen LogP contribution in [0.3, 0.4) is 0 Å². The van der Waals surface area contributed by atoms with E-state index in [-0.39, 0.29) is 11.8 Å². The third kappa shape index (κ3) is 23.0. The van der Waals surface area contributed by atoms with Gasteiger partial charge in [-0.1, -0.05) is 43.7 Å². The molecule has 0 bridgehead atoms. The van der Waals surface area contributed by atoms with Crippen LogP contribution in [-0.2, 0) is 23.1 Å². The summed E-state index contributed by atoms with van der Waals surface area (Å²) in [5.41, 5.74) is 15.4. The molecule has 10 heterocycles. The van der Waals surface area contributed by atoms with Gasteiger partial charge in [-0.05, 0) is 171 Å². The lowest BCUT2D eigenvalue weighted by atomic mass is 10.0. The zero-order valence-electron chi connectivity index (χ0n) is 68.3. The van der Waals surface area contributed by atoms with Gasteiger partial charge in [-0.2, -0.15) is 10.2 Å². The van der Waals surface area contributed by atoms with Gasteiger partial charge in [0.1, 0.15) is 37.2 Å². The smallest absolute Gasteiger partial charge is 0.254 e. The van der Waals surface area contributed by atoms with Gasteiger partial charge in [-0.25, -0.2) is 49.8 Å². The first-order valence-corrected chi connectivity index (χ1v) is 41.2. The molecule has 0 spiro atoms. The minimum absolute atomic E-state index is 0.0289. The highest BCUT2D eigenvalue weighted by molar-refractivity contribution is 9.10. The molecule has 2 fully saturated rings. The van der Waals surface area contributed by atoms with Gasteiger partial charge in [0.05, 0.1) is 66.6 Å². The summed E-state index contributed by atoms with van der Waals surface area (Å²) in [6.07, 6.45) is 31.7. The van der Waals surface area contributed by atoms with E-state index in [9.17, 15) is 9.59 Å². The number of hydrogen-bond acceptors (Lipinski definition) is 26. The number of piperazine rings is 1. The quantitative estimate of drug-likeness (QED) is 0.0256. The van der Waals surface area contributed by atoms with E-state index >= 15 is 0 Å². The number of benzene rings is 8. The van der Waals surface area contributed by atoms with Crippen LogP contribution in [0.2, 0.25) is 0 Å². The van der Waals surface area contributed by atoms with Crippen LogP contribution < -0.4 is 36.1 Å². The number of ether oxygens (including phenoxy) is 3. The number of H-pyrrole nitrogens is 1. The zero-order valence-corrected chi connectivity index (χ0v) is 71.5. The van der Waals surface area contributed by atoms with Crippen LogP contribution in [-0.4, -0.2) is 201 Å². The van der Waals surface area contributed by atoms with Crippen molar-refractivity contribution in [2.75, 3.05) is 121 Å². The average molecular weight is 1780 g/mol. The molecule has 32 heteroatoms. The minimum Gasteiger partial charge on any atom is -0.492 e. The fourth-order valence-electron chi connectivity index (χ4n) is 13.4. The predicted octanol–water partition coefficient (Wildman–Crippen LogP) is 15.8. The fraction of sp³-hybridized carbons (Fsp3) is 0.196. The Hall–Kier alpha value is -14.4. The first-order valence-electron chi connectivity index (χ1n) is 39.6. The van der Waals surface area contributed by atoms with Crippen molar-refractivity contribution in [2.45, 2.75) is 13.5 Å². The average Bonchev–Trinajstić information content (AvgIpc) is 0.978. The van der Waals surface area contributed by atoms with E-state index in [0.717, 1.165) is 180 Å². The highest BCUT2D eigenvalue weighted by atomic mass is 79.9. The number of carbonyl (C=O) groups excluding carboxylic acids is 2. The van der Waals surface area contributed by atoms with Crippen molar-refractivity contribution in [1.29, 1.82) is 0 Å². The topological polar surface area (TPSA) is 337 Å². The molecule has 6 N–H and O–H groups in total. The Morgan fingerprint density at radius 1 is 0.524 bits per heavy atom. The number of fused-ring (bicyclic) bond motifs is 4. The maximum Gasteiger partial charge on any atom is 0.254 e. The summed E-state index contributed by atoms with van der Waals surface area (Å²) in [4.78, 5) is 77.6. The number of aromatic nitrogens is 14. The molecule has 0 atom stereocenters. The molecule has 2 aliphatic rings. The van der Waals surface area contributed by atoms with Gasteiger partial charge in [-0.15, -0.1) is 12.8 Å². The van der Waals surface area contributed by atoms with E-state index in [1.165, 1.54) is 18.8 Å². The van der Waals surface area contributed by atoms with E-state index in [4.69, 9.17) is 35.9 Å². The predicted molar refractivity (Wildman–Crippen MR) is 487 cm³/mol. The van der Waals surface area contributed by atoms with Crippen LogP contribution in [0.5, 0.6) is 11.5 Å². The second-order valence-electron chi connectivity index (χ2n) is 29.3. The van der Waals surface area contributed by atoms with Gasteiger partial charge in [0.25, 0.3) is 5.91 Å². The summed E-state index contributed by atoms with van der Waals surface area (Å²) in [6, 6.07) is 46.5. The van der Waals surface area contributed by atoms with Crippen molar-refractivity contribution in [3.8, 4) is 81.3 Å². The molecule has 2 amide bonds. The summed E-state index contributed by atoms with van der Waals surface area (Å²) >= 11 is 6.97. The van der Waals surface area contributed by atoms with Crippen LogP contribution in [0.4, 0.5) is 46.5 Å². The Labute approximate surface area is 731 Å². The number of likely N-dealkylation sites (N-methyl/N-ethyl adjacent to an activating group) is 2. The molecule has 0 aliphatic carbocycles. The minimum atomic E-state index is -0.109. The largest absolute Gasteiger partial charge is 0.492 e. The molecular formula is C92H85Br2N23O7. The van der Waals surface area contributed by atoms with Crippen LogP contribution in [0.1, 0.15) is 34.0 Å². The van der Waals surface area contributed by atoms with Crippen molar-refractivity contribution in [1.82, 2.24) is 94.7 Å². The monoisotopic (exact) mass is 1780 g/mol. The van der Waals surface area contributed by atoms with Gasteiger partial charge in [0, 0.05) is 208 Å². The van der Waals surface area contributed by atoms with E-state index in [1.54, 1.807) is 48.1 Å². The Balaban J connectivity index is 0.000000128. The van der Waals surface area contributed by atoms with Crippen molar-refractivity contribution in [3.63, 3.8) is 0 Å². The summed E-state index contributed by atoms with van der Waals surface area (Å²) in [5.74, 6) is 9.35. The first kappa shape index (κ1) is 84.6. The van der Waals surface area contributed by atoms with E-state index in [0.29, 0.717) is 78.1 Å². The number of aryl methyl sites for hydroxylation is 1. The maximum absolute atomic E-state index is 13.3. The SMILES string of the molecule is Brc1ccc2nc(Nc3cc(CN4CCOCC4)cc(-c4cn[nH]c4)c3)ncc2c1.C#Cc1ccc2nc(Nc3cc(OCCN(C)C)cc(-c4ncco4)c3)ncc2c1.C#Cc1ccc2nc(Nc3cc(OCCNC(C)=O)cc(-c4ncco4)c3)ncc2c1.CN1CCN(C(=O)c2cc(Nc3ncc4cc(Br)ccc4n3)cc(-c3cnn(C)c3)c2)CC1. The van der Waals surface area contributed by atoms with Crippen LogP contribution in [0, 0.1) is 24.7 Å². The van der Waals surface area contributed by atoms with Crippen LogP contribution in [0.25, 0.3) is 88.8 Å². The number of nitrogens with zero attached hydrogens (tertiary/aromatic N) is 17. The molecule has 18 rings (SSSR count). The summed E-state index contributed by atoms with van der Waals surface area (Å²) in [5, 5.41) is 30.8. The van der Waals surface area contributed by atoms with Crippen LogP contribution in [0.15, 0.2) is 238 Å². The lowest BCUT2D eigenvalue weighted by Gasteiger charge is -2.32. The Morgan fingerprint density at radius 3 is 1.49 bits per heavy atom. The lowest BCUT2D eigenvalue weighted by molar-refractivity contribution is -0.119. The number of halogens is 2. The van der Waals surface area contributed by atoms with E-state index in [1.807, 2.05) is 178 Å². The molecule has 30 nitrogen and oxygen atoms in total. The van der Waals surface area contributed by atoms with Gasteiger partial charge in [-0.3, -0.25) is 24.3 Å². The third-order valence-electron chi connectivity index (χ3n) is 19.7. The van der Waals surface area contributed by atoms with Crippen molar-refractivity contribution in [2.24, 2.45) is 7.05 Å². The van der Waals surface area contributed by atoms with Gasteiger partial charge < -0.3 is 64.3 Å². The second kappa shape index (κ2) is 40.3. The Bertz CT molecular complexity index is 6510. The number of nitrogens with one attached hydrogen (secondary N) is 6. The van der Waals surface area contributed by atoms with Crippen molar-refractivity contribution in [3.05, 3.63) is 251 Å². The summed E-state index contributed by atoms with van der Waals surface area (Å²) in [7, 11) is 7.96. The Kier molecular flexibility index (Phi) is 27.5. The number of aromatic amines is 1. The zero-order chi connectivity index (χ0) is 85.8. The number of amides is 2. The maximum atomic E-state index is 13.3. The van der Waals surface area contributed by atoms with Crippen LogP contribution >= 0.6 is 31.9 Å². The van der Waals surface area contributed by atoms with Gasteiger partial charge in [0.2, 0.25) is 41.5 Å². The van der Waals surface area contributed by atoms with Crippen molar-refractivity contribution < 1.29 is 32.6 Å². The van der Waals surface area contributed by atoms with Crippen molar-refractivity contribution >= 4 is 134 Å². The number of anilines is 8. The standard InChI is InChI=1S/C24H24BrN7O.C23H19N5O3.C23H21N5O2.C22H21BrN6O/c1-30-5-7-32(8-6-30)23(33)17-9-16(19-14-27-31(2)15-19)11-21(12-17)28-24-26-13-18-10-20(25)3-4-22(18)29-24;1-3-16-4-5-21-18(10-16)14-26-23(28-21)27-19-11-17(22-25-7-9-31-22)12-20(13-19)30-8-6-24-15(2)29;1-4-16-5-6-21-18(11-16)15-25-23(27-21)26-19-12-17(22-24-7-9-30-22)13-20(14-19)29-10-8-28(2)3;23-19-1-2-21-17(9-19)11-24-22(28-21)27-20-8-15(14-29-3-5-30-6-4-29)7-16(10-20)18-12-25-26-13-18/h3-4,9-15H,5-8H2,1-2H3,(H,26,28,29);1,4-5,7,9-14H,6,8H2,2H3,(H,24,29)(H,26,27,28);1,5-7,9,11-15H,8,10H2,2-3H3,(H,25,26,27);1-2,7-13H,3-6,14H2,(H,25,26)(H,24,27,28).